The molecule has 0 saturated heterocycles. The Morgan fingerprint density at radius 1 is 0.630 bits per heavy atom. The normalized spacial score (nSPS) is 11.7. The molecule has 0 spiro atoms. The molecule has 2 heteroatoms. The highest BCUT2D eigenvalue weighted by atomic mass is 14.7. The summed E-state index contributed by atoms with van der Waals surface area (Å²) < 4.78 is 0. The molecule has 0 aliphatic carbocycles. The SMILES string of the molecule is Cc1ccc(C)c(C(c2c[nH]c3ccccc23)c2c[nH]c3ccccc23)c1. The summed E-state index contributed by atoms with van der Waals surface area (Å²) in [7, 11) is 0. The topological polar surface area (TPSA) is 31.6 Å². The maximum atomic E-state index is 3.47. The largest absolute Gasteiger partial charge is 0.361 e. The summed E-state index contributed by atoms with van der Waals surface area (Å²) in [6.45, 7) is 4.38. The molecule has 2 aromatic heterocycles. The van der Waals surface area contributed by atoms with Gasteiger partial charge in [0, 0.05) is 40.1 Å². The summed E-state index contributed by atoms with van der Waals surface area (Å²) in [6.07, 6.45) is 4.36. The lowest BCUT2D eigenvalue weighted by Gasteiger charge is -2.20. The van der Waals surface area contributed by atoms with Crippen molar-refractivity contribution in [2.24, 2.45) is 0 Å². The summed E-state index contributed by atoms with van der Waals surface area (Å²) in [5.41, 5.74) is 8.99. The Hall–Kier alpha value is -3.26. The van der Waals surface area contributed by atoms with Crippen molar-refractivity contribution < 1.29 is 0 Å². The highest BCUT2D eigenvalue weighted by Crippen LogP contribution is 2.40. The zero-order chi connectivity index (χ0) is 18.4. The van der Waals surface area contributed by atoms with Gasteiger partial charge >= 0.3 is 0 Å². The first-order chi connectivity index (χ1) is 13.2. The lowest BCUT2D eigenvalue weighted by molar-refractivity contribution is 0.978. The molecule has 0 amide bonds. The molecule has 132 valence electrons. The molecule has 0 aliphatic heterocycles. The molecule has 2 N–H and O–H groups in total. The molecule has 27 heavy (non-hydrogen) atoms. The molecule has 0 fully saturated rings. The van der Waals surface area contributed by atoms with Crippen molar-refractivity contribution in [3.05, 3.63) is 107 Å². The molecule has 5 rings (SSSR count). The van der Waals surface area contributed by atoms with E-state index < -0.39 is 0 Å². The van der Waals surface area contributed by atoms with E-state index in [2.05, 4.69) is 103 Å². The van der Waals surface area contributed by atoms with Crippen LogP contribution in [0.2, 0.25) is 0 Å². The van der Waals surface area contributed by atoms with E-state index in [9.17, 15) is 0 Å². The van der Waals surface area contributed by atoms with Crippen molar-refractivity contribution >= 4 is 21.8 Å². The molecule has 0 unspecified atom stereocenters. The minimum Gasteiger partial charge on any atom is -0.361 e. The number of para-hydroxylation sites is 2. The molecule has 2 nitrogen and oxygen atoms in total. The highest BCUT2D eigenvalue weighted by molar-refractivity contribution is 5.89. The second kappa shape index (κ2) is 6.17. The minimum atomic E-state index is 0.178. The van der Waals surface area contributed by atoms with Crippen LogP contribution in [0.5, 0.6) is 0 Å². The third kappa shape index (κ3) is 2.57. The molecule has 0 radical (unpaired) electrons. The van der Waals surface area contributed by atoms with Crippen LogP contribution < -0.4 is 0 Å². The Bertz CT molecular complexity index is 1180. The first-order valence-electron chi connectivity index (χ1n) is 9.41. The number of fused-ring (bicyclic) bond motifs is 2. The van der Waals surface area contributed by atoms with Crippen molar-refractivity contribution in [2.45, 2.75) is 19.8 Å². The fourth-order valence-corrected chi connectivity index (χ4v) is 4.24. The molecule has 2 heterocycles. The molecule has 0 atom stereocenters. The molecule has 3 aromatic carbocycles. The van der Waals surface area contributed by atoms with Crippen LogP contribution in [-0.2, 0) is 0 Å². The Morgan fingerprint density at radius 2 is 1.19 bits per heavy atom. The number of rotatable bonds is 3. The lowest BCUT2D eigenvalue weighted by atomic mass is 9.82. The molecular formula is C25H22N2. The van der Waals surface area contributed by atoms with Gasteiger partial charge in [-0.25, -0.2) is 0 Å². The standard InChI is InChI=1S/C25H22N2/c1-16-11-12-17(2)20(13-16)25(21-14-26-23-9-5-3-7-18(21)23)22-15-27-24-10-6-4-8-19(22)24/h3-15,25-27H,1-2H3. The summed E-state index contributed by atoms with van der Waals surface area (Å²) >= 11 is 0. The maximum absolute atomic E-state index is 3.47. The summed E-state index contributed by atoms with van der Waals surface area (Å²) in [5, 5.41) is 2.57. The van der Waals surface area contributed by atoms with E-state index in [1.54, 1.807) is 0 Å². The summed E-state index contributed by atoms with van der Waals surface area (Å²) in [4.78, 5) is 6.94. The number of nitrogens with one attached hydrogen (secondary N) is 2. The molecule has 5 aromatic rings. The Morgan fingerprint density at radius 3 is 1.78 bits per heavy atom. The van der Waals surface area contributed by atoms with Crippen molar-refractivity contribution in [1.82, 2.24) is 9.97 Å². The summed E-state index contributed by atoms with van der Waals surface area (Å²) in [5.74, 6) is 0.178. The van der Waals surface area contributed by atoms with E-state index in [-0.39, 0.29) is 5.92 Å². The van der Waals surface area contributed by atoms with Gasteiger partial charge in [0.05, 0.1) is 0 Å². The Labute approximate surface area is 158 Å². The zero-order valence-corrected chi connectivity index (χ0v) is 15.6. The number of aromatic amines is 2. The predicted molar refractivity (Wildman–Crippen MR) is 113 cm³/mol. The molecular weight excluding hydrogens is 328 g/mol. The van der Waals surface area contributed by atoms with Crippen LogP contribution in [0.4, 0.5) is 0 Å². The van der Waals surface area contributed by atoms with Crippen LogP contribution in [0.25, 0.3) is 21.8 Å². The van der Waals surface area contributed by atoms with Crippen LogP contribution in [-0.4, -0.2) is 9.97 Å². The molecule has 0 bridgehead atoms. The minimum absolute atomic E-state index is 0.178. The van der Waals surface area contributed by atoms with Gasteiger partial charge in [-0.2, -0.15) is 0 Å². The average Bonchev–Trinajstić information content (AvgIpc) is 3.30. The quantitative estimate of drug-likeness (QED) is 0.375. The van der Waals surface area contributed by atoms with E-state index in [1.807, 2.05) is 0 Å². The smallest absolute Gasteiger partial charge is 0.0457 e. The van der Waals surface area contributed by atoms with Crippen molar-refractivity contribution in [2.75, 3.05) is 0 Å². The number of aryl methyl sites for hydroxylation is 2. The highest BCUT2D eigenvalue weighted by Gasteiger charge is 2.24. The molecule has 0 aliphatic rings. The van der Waals surface area contributed by atoms with E-state index >= 15 is 0 Å². The van der Waals surface area contributed by atoms with Gasteiger partial charge in [0.2, 0.25) is 0 Å². The van der Waals surface area contributed by atoms with Crippen molar-refractivity contribution in [3.63, 3.8) is 0 Å². The fourth-order valence-electron chi connectivity index (χ4n) is 4.24. The van der Waals surface area contributed by atoms with Gasteiger partial charge < -0.3 is 9.97 Å². The van der Waals surface area contributed by atoms with E-state index in [1.165, 1.54) is 49.6 Å². The molecule has 0 saturated carbocycles. The maximum Gasteiger partial charge on any atom is 0.0457 e. The fraction of sp³-hybridized carbons (Fsp3) is 0.120. The Kier molecular flexibility index (Phi) is 3.64. The zero-order valence-electron chi connectivity index (χ0n) is 15.6. The van der Waals surface area contributed by atoms with Crippen molar-refractivity contribution in [1.29, 1.82) is 0 Å². The van der Waals surface area contributed by atoms with Crippen LogP contribution in [0.1, 0.15) is 33.7 Å². The van der Waals surface area contributed by atoms with Gasteiger partial charge in [0.1, 0.15) is 0 Å². The van der Waals surface area contributed by atoms with Gasteiger partial charge in [0.25, 0.3) is 0 Å². The van der Waals surface area contributed by atoms with Crippen LogP contribution >= 0.6 is 0 Å². The van der Waals surface area contributed by atoms with Crippen LogP contribution in [0.3, 0.4) is 0 Å². The predicted octanol–water partition coefficient (Wildman–Crippen LogP) is 6.45. The van der Waals surface area contributed by atoms with Gasteiger partial charge in [0.15, 0.2) is 0 Å². The first kappa shape index (κ1) is 16.0. The number of aromatic nitrogens is 2. The number of hydrogen-bond acceptors (Lipinski definition) is 0. The Balaban J connectivity index is 1.84. The monoisotopic (exact) mass is 350 g/mol. The second-order valence-corrected chi connectivity index (χ2v) is 7.37. The van der Waals surface area contributed by atoms with E-state index in [4.69, 9.17) is 0 Å². The van der Waals surface area contributed by atoms with E-state index in [0.29, 0.717) is 0 Å². The third-order valence-corrected chi connectivity index (χ3v) is 5.61. The second-order valence-electron chi connectivity index (χ2n) is 7.37. The van der Waals surface area contributed by atoms with Gasteiger partial charge in [-0.05, 0) is 48.2 Å². The average molecular weight is 350 g/mol. The number of hydrogen-bond donors (Lipinski definition) is 2. The van der Waals surface area contributed by atoms with Gasteiger partial charge in [-0.15, -0.1) is 0 Å². The summed E-state index contributed by atoms with van der Waals surface area (Å²) in [6, 6.07) is 23.9. The number of benzene rings is 3. The van der Waals surface area contributed by atoms with Gasteiger partial charge in [-0.3, -0.25) is 0 Å². The van der Waals surface area contributed by atoms with Crippen LogP contribution in [0.15, 0.2) is 79.1 Å². The van der Waals surface area contributed by atoms with Crippen LogP contribution in [0, 0.1) is 13.8 Å². The van der Waals surface area contributed by atoms with Crippen molar-refractivity contribution in [3.8, 4) is 0 Å². The van der Waals surface area contributed by atoms with E-state index in [0.717, 1.165) is 0 Å². The number of H-pyrrole nitrogens is 2. The lowest BCUT2D eigenvalue weighted by Crippen LogP contribution is -2.05. The van der Waals surface area contributed by atoms with Gasteiger partial charge in [-0.1, -0.05) is 60.2 Å². The third-order valence-electron chi connectivity index (χ3n) is 5.61. The first-order valence-corrected chi connectivity index (χ1v) is 9.41.